The number of hydrogen-bond donors (Lipinski definition) is 3. The molecule has 158 valence electrons. The van der Waals surface area contributed by atoms with Crippen LogP contribution in [-0.4, -0.2) is 48.9 Å². The molecule has 3 N–H and O–H groups in total. The molecule has 0 aromatic heterocycles. The number of carbonyl (C=O) groups is 3. The summed E-state index contributed by atoms with van der Waals surface area (Å²) in [7, 11) is 0. The van der Waals surface area contributed by atoms with E-state index in [1.807, 2.05) is 4.90 Å². The number of benzene rings is 2. The minimum atomic E-state index is -0.426. The average molecular weight is 449 g/mol. The Labute approximate surface area is 184 Å². The molecule has 0 spiro atoms. The highest BCUT2D eigenvalue weighted by Crippen LogP contribution is 2.22. The third kappa shape index (κ3) is 5.87. The molecule has 2 aromatic carbocycles. The molecule has 0 radical (unpaired) electrons. The summed E-state index contributed by atoms with van der Waals surface area (Å²) in [5.74, 6) is -0.342. The second-order valence-electron chi connectivity index (χ2n) is 6.85. The van der Waals surface area contributed by atoms with Crippen LogP contribution in [0.2, 0.25) is 10.0 Å². The van der Waals surface area contributed by atoms with Gasteiger partial charge in [-0.25, -0.2) is 4.79 Å². The number of amides is 4. The molecule has 1 aliphatic heterocycles. The molecule has 0 saturated carbocycles. The van der Waals surface area contributed by atoms with Crippen LogP contribution >= 0.6 is 23.2 Å². The monoisotopic (exact) mass is 448 g/mol. The van der Waals surface area contributed by atoms with Crippen LogP contribution in [0.5, 0.6) is 0 Å². The molecule has 0 bridgehead atoms. The Hall–Kier alpha value is -2.77. The number of carbonyl (C=O) groups excluding carboxylic acids is 3. The Bertz CT molecular complexity index is 946. The van der Waals surface area contributed by atoms with Crippen molar-refractivity contribution in [2.24, 2.45) is 0 Å². The minimum Gasteiger partial charge on any atom is -0.350 e. The molecule has 30 heavy (non-hydrogen) atoms. The minimum absolute atomic E-state index is 0.0263. The Balaban J connectivity index is 1.43. The van der Waals surface area contributed by atoms with Crippen molar-refractivity contribution in [2.45, 2.75) is 12.8 Å². The summed E-state index contributed by atoms with van der Waals surface area (Å²) in [4.78, 5) is 38.4. The van der Waals surface area contributed by atoms with Gasteiger partial charge in [0, 0.05) is 43.0 Å². The SMILES string of the molecule is O=C(NCCNC(=O)c1ccc(Cl)c(Cl)c1)Nc1cccc(C(=O)N2CCCC2)c1. The summed E-state index contributed by atoms with van der Waals surface area (Å²) in [5, 5.41) is 8.71. The van der Waals surface area contributed by atoms with Crippen molar-refractivity contribution in [3.05, 3.63) is 63.6 Å². The highest BCUT2D eigenvalue weighted by Gasteiger charge is 2.19. The first-order chi connectivity index (χ1) is 14.4. The van der Waals surface area contributed by atoms with Gasteiger partial charge in [0.2, 0.25) is 0 Å². The summed E-state index contributed by atoms with van der Waals surface area (Å²) in [6.45, 7) is 2.00. The molecule has 0 aliphatic carbocycles. The van der Waals surface area contributed by atoms with E-state index in [0.29, 0.717) is 26.9 Å². The third-order valence-corrected chi connectivity index (χ3v) is 5.38. The predicted molar refractivity (Wildman–Crippen MR) is 117 cm³/mol. The highest BCUT2D eigenvalue weighted by atomic mass is 35.5. The molecule has 1 aliphatic rings. The normalized spacial score (nSPS) is 13.1. The maximum Gasteiger partial charge on any atom is 0.319 e. The number of nitrogens with zero attached hydrogens (tertiary/aromatic N) is 1. The summed E-state index contributed by atoms with van der Waals surface area (Å²) >= 11 is 11.7. The smallest absolute Gasteiger partial charge is 0.319 e. The predicted octanol–water partition coefficient (Wildman–Crippen LogP) is 3.78. The Kier molecular flexibility index (Phi) is 7.54. The summed E-state index contributed by atoms with van der Waals surface area (Å²) in [6, 6.07) is 11.0. The van der Waals surface area contributed by atoms with Gasteiger partial charge in [-0.15, -0.1) is 0 Å². The first-order valence-electron chi connectivity index (χ1n) is 9.61. The van der Waals surface area contributed by atoms with Gasteiger partial charge < -0.3 is 20.9 Å². The lowest BCUT2D eigenvalue weighted by Gasteiger charge is -2.16. The quantitative estimate of drug-likeness (QED) is 0.587. The molecule has 3 rings (SSSR count). The standard InChI is InChI=1S/C21H22Cl2N4O3/c22-17-7-6-14(13-18(17)23)19(28)24-8-9-25-21(30)26-16-5-3-4-15(12-16)20(29)27-10-1-2-11-27/h3-7,12-13H,1-2,8-11H2,(H,24,28)(H2,25,26,30). The second-order valence-corrected chi connectivity index (χ2v) is 7.66. The van der Waals surface area contributed by atoms with Crippen LogP contribution in [0.3, 0.4) is 0 Å². The van der Waals surface area contributed by atoms with Crippen LogP contribution in [-0.2, 0) is 0 Å². The number of halogens is 2. The molecule has 1 heterocycles. The van der Waals surface area contributed by atoms with Crippen molar-refractivity contribution in [1.29, 1.82) is 0 Å². The fourth-order valence-corrected chi connectivity index (χ4v) is 3.40. The van der Waals surface area contributed by atoms with Crippen molar-refractivity contribution in [1.82, 2.24) is 15.5 Å². The van der Waals surface area contributed by atoms with E-state index >= 15 is 0 Å². The summed E-state index contributed by atoms with van der Waals surface area (Å²) in [6.07, 6.45) is 2.04. The lowest BCUT2D eigenvalue weighted by molar-refractivity contribution is 0.0792. The van der Waals surface area contributed by atoms with Gasteiger partial charge in [-0.05, 0) is 49.2 Å². The van der Waals surface area contributed by atoms with E-state index in [1.165, 1.54) is 6.07 Å². The van der Waals surface area contributed by atoms with Gasteiger partial charge in [-0.2, -0.15) is 0 Å². The lowest BCUT2D eigenvalue weighted by Crippen LogP contribution is -2.36. The van der Waals surface area contributed by atoms with Crippen LogP contribution < -0.4 is 16.0 Å². The topological polar surface area (TPSA) is 90.5 Å². The maximum atomic E-state index is 12.5. The highest BCUT2D eigenvalue weighted by molar-refractivity contribution is 6.42. The number of urea groups is 1. The van der Waals surface area contributed by atoms with E-state index in [-0.39, 0.29) is 24.9 Å². The van der Waals surface area contributed by atoms with Crippen LogP contribution in [0, 0.1) is 0 Å². The largest absolute Gasteiger partial charge is 0.350 e. The molecule has 2 aromatic rings. The first kappa shape index (κ1) is 21.9. The van der Waals surface area contributed by atoms with Crippen LogP contribution in [0.4, 0.5) is 10.5 Å². The van der Waals surface area contributed by atoms with Gasteiger partial charge in [-0.1, -0.05) is 29.3 Å². The fraction of sp³-hybridized carbons (Fsp3) is 0.286. The van der Waals surface area contributed by atoms with E-state index < -0.39 is 6.03 Å². The van der Waals surface area contributed by atoms with E-state index in [9.17, 15) is 14.4 Å². The Morgan fingerprint density at radius 1 is 0.867 bits per heavy atom. The van der Waals surface area contributed by atoms with Crippen molar-refractivity contribution in [3.63, 3.8) is 0 Å². The third-order valence-electron chi connectivity index (χ3n) is 4.64. The van der Waals surface area contributed by atoms with Crippen molar-refractivity contribution < 1.29 is 14.4 Å². The first-order valence-corrected chi connectivity index (χ1v) is 10.4. The van der Waals surface area contributed by atoms with Crippen molar-refractivity contribution in [3.8, 4) is 0 Å². The molecule has 9 heteroatoms. The van der Waals surface area contributed by atoms with Crippen molar-refractivity contribution >= 4 is 46.7 Å². The van der Waals surface area contributed by atoms with E-state index in [1.54, 1.807) is 36.4 Å². The van der Waals surface area contributed by atoms with E-state index in [0.717, 1.165) is 25.9 Å². The Morgan fingerprint density at radius 2 is 1.60 bits per heavy atom. The van der Waals surface area contributed by atoms with Gasteiger partial charge >= 0.3 is 6.03 Å². The zero-order chi connectivity index (χ0) is 21.5. The molecular weight excluding hydrogens is 427 g/mol. The summed E-state index contributed by atoms with van der Waals surface area (Å²) < 4.78 is 0. The number of rotatable bonds is 6. The molecule has 1 fully saturated rings. The molecule has 0 unspecified atom stereocenters. The van der Waals surface area contributed by atoms with Gasteiger partial charge in [-0.3, -0.25) is 9.59 Å². The van der Waals surface area contributed by atoms with Gasteiger partial charge in [0.05, 0.1) is 10.0 Å². The fourth-order valence-electron chi connectivity index (χ4n) is 3.10. The van der Waals surface area contributed by atoms with E-state index in [2.05, 4.69) is 16.0 Å². The molecule has 0 atom stereocenters. The zero-order valence-electron chi connectivity index (χ0n) is 16.2. The van der Waals surface area contributed by atoms with Crippen LogP contribution in [0.15, 0.2) is 42.5 Å². The number of anilines is 1. The molecule has 7 nitrogen and oxygen atoms in total. The van der Waals surface area contributed by atoms with E-state index in [4.69, 9.17) is 23.2 Å². The number of likely N-dealkylation sites (tertiary alicyclic amines) is 1. The maximum absolute atomic E-state index is 12.5. The number of hydrogen-bond acceptors (Lipinski definition) is 3. The van der Waals surface area contributed by atoms with Gasteiger partial charge in [0.15, 0.2) is 0 Å². The summed E-state index contributed by atoms with van der Waals surface area (Å²) in [5.41, 5.74) is 1.45. The second kappa shape index (κ2) is 10.3. The zero-order valence-corrected chi connectivity index (χ0v) is 17.7. The average Bonchev–Trinajstić information content (AvgIpc) is 3.27. The number of nitrogens with one attached hydrogen (secondary N) is 3. The van der Waals surface area contributed by atoms with Crippen LogP contribution in [0.25, 0.3) is 0 Å². The molecule has 4 amide bonds. The lowest BCUT2D eigenvalue weighted by atomic mass is 10.2. The van der Waals surface area contributed by atoms with Gasteiger partial charge in [0.25, 0.3) is 11.8 Å². The van der Waals surface area contributed by atoms with Crippen molar-refractivity contribution in [2.75, 3.05) is 31.5 Å². The molecule has 1 saturated heterocycles. The van der Waals surface area contributed by atoms with Gasteiger partial charge in [0.1, 0.15) is 0 Å². The van der Waals surface area contributed by atoms with Crippen LogP contribution in [0.1, 0.15) is 33.6 Å². The Morgan fingerprint density at radius 3 is 2.33 bits per heavy atom. The molecular formula is C21H22Cl2N4O3.